The highest BCUT2D eigenvalue weighted by Crippen LogP contribution is 2.23. The third-order valence-corrected chi connectivity index (χ3v) is 4.24. The van der Waals surface area contributed by atoms with Crippen LogP contribution in [-0.4, -0.2) is 19.0 Å². The molecule has 1 heterocycles. The van der Waals surface area contributed by atoms with Gasteiger partial charge in [-0.2, -0.15) is 0 Å². The molecule has 0 bridgehead atoms. The first-order valence-corrected chi connectivity index (χ1v) is 7.98. The van der Waals surface area contributed by atoms with E-state index in [0.29, 0.717) is 6.42 Å². The second-order valence-corrected chi connectivity index (χ2v) is 5.71. The average Bonchev–Trinajstić information content (AvgIpc) is 2.77. The number of hydrogen-bond donors (Lipinski definition) is 1. The number of carbonyl (C=O) groups excluding carboxylic acids is 1. The molecule has 3 heteroatoms. The predicted molar refractivity (Wildman–Crippen MR) is 91.4 cm³/mol. The molecular weight excluding hydrogens is 272 g/mol. The van der Waals surface area contributed by atoms with E-state index in [1.54, 1.807) is 0 Å². The van der Waals surface area contributed by atoms with Gasteiger partial charge < -0.3 is 10.2 Å². The minimum atomic E-state index is 0.0559. The predicted octanol–water partition coefficient (Wildman–Crippen LogP) is 3.64. The van der Waals surface area contributed by atoms with Crippen LogP contribution >= 0.6 is 0 Å². The zero-order valence-corrected chi connectivity index (χ0v) is 13.0. The summed E-state index contributed by atoms with van der Waals surface area (Å²) in [7, 11) is 0. The van der Waals surface area contributed by atoms with Crippen molar-refractivity contribution in [3.05, 3.63) is 59.7 Å². The zero-order chi connectivity index (χ0) is 15.4. The van der Waals surface area contributed by atoms with E-state index in [2.05, 4.69) is 46.6 Å². The highest BCUT2D eigenvalue weighted by atomic mass is 16.1. The van der Waals surface area contributed by atoms with Gasteiger partial charge >= 0.3 is 0 Å². The topological polar surface area (TPSA) is 32.3 Å². The largest absolute Gasteiger partial charge is 0.371 e. The van der Waals surface area contributed by atoms with Crippen LogP contribution in [0.2, 0.25) is 0 Å². The van der Waals surface area contributed by atoms with E-state index in [1.165, 1.54) is 16.8 Å². The Morgan fingerprint density at radius 1 is 1.05 bits per heavy atom. The van der Waals surface area contributed by atoms with E-state index in [-0.39, 0.29) is 5.91 Å². The maximum absolute atomic E-state index is 11.5. The molecule has 3 nitrogen and oxygen atoms in total. The summed E-state index contributed by atoms with van der Waals surface area (Å²) in [6.45, 7) is 3.90. The van der Waals surface area contributed by atoms with Crippen LogP contribution in [0, 0.1) is 0 Å². The first-order chi connectivity index (χ1) is 10.8. The Hall–Kier alpha value is -2.29. The number of hydrogen-bond acceptors (Lipinski definition) is 2. The Balaban J connectivity index is 1.75. The summed E-state index contributed by atoms with van der Waals surface area (Å²) < 4.78 is 0. The average molecular weight is 294 g/mol. The fourth-order valence-electron chi connectivity index (χ4n) is 2.96. The minimum Gasteiger partial charge on any atom is -0.371 e. The quantitative estimate of drug-likeness (QED) is 0.937. The molecule has 1 N–H and O–H groups in total. The summed E-state index contributed by atoms with van der Waals surface area (Å²) in [5, 5.41) is 2.94. The van der Waals surface area contributed by atoms with Crippen LogP contribution in [0.25, 0.3) is 0 Å². The van der Waals surface area contributed by atoms with Gasteiger partial charge in [-0.1, -0.05) is 37.3 Å². The number of rotatable bonds is 3. The van der Waals surface area contributed by atoms with Crippen LogP contribution in [0.3, 0.4) is 0 Å². The van der Waals surface area contributed by atoms with Crippen LogP contribution in [0.1, 0.15) is 24.5 Å². The normalized spacial score (nSPS) is 14.1. The minimum absolute atomic E-state index is 0.0559. The Kier molecular flexibility index (Phi) is 4.42. The Bertz CT molecular complexity index is 639. The van der Waals surface area contributed by atoms with Gasteiger partial charge in [-0.05, 0) is 42.2 Å². The van der Waals surface area contributed by atoms with Gasteiger partial charge in [-0.15, -0.1) is 0 Å². The first kappa shape index (κ1) is 14.6. The lowest BCUT2D eigenvalue weighted by Crippen LogP contribution is -2.26. The van der Waals surface area contributed by atoms with Crippen molar-refractivity contribution in [2.75, 3.05) is 23.3 Å². The molecule has 1 aliphatic heterocycles. The monoisotopic (exact) mass is 294 g/mol. The molecule has 22 heavy (non-hydrogen) atoms. The van der Waals surface area contributed by atoms with Crippen molar-refractivity contribution in [3.8, 4) is 0 Å². The van der Waals surface area contributed by atoms with Gasteiger partial charge in [0.15, 0.2) is 0 Å². The SMILES string of the molecule is CCC(=O)Nc1cccc(N2CCc3ccccc3CC2)c1. The van der Waals surface area contributed by atoms with Crippen molar-refractivity contribution in [3.63, 3.8) is 0 Å². The molecule has 114 valence electrons. The molecule has 1 aliphatic rings. The molecule has 0 saturated heterocycles. The summed E-state index contributed by atoms with van der Waals surface area (Å²) in [5.41, 5.74) is 4.98. The second-order valence-electron chi connectivity index (χ2n) is 5.71. The number of carbonyl (C=O) groups is 1. The van der Waals surface area contributed by atoms with E-state index in [0.717, 1.165) is 31.6 Å². The van der Waals surface area contributed by atoms with Crippen LogP contribution in [0.4, 0.5) is 11.4 Å². The third-order valence-electron chi connectivity index (χ3n) is 4.24. The summed E-state index contributed by atoms with van der Waals surface area (Å²) in [5.74, 6) is 0.0559. The molecule has 0 atom stereocenters. The molecule has 0 saturated carbocycles. The van der Waals surface area contributed by atoms with Crippen LogP contribution < -0.4 is 10.2 Å². The molecule has 1 amide bonds. The number of nitrogens with one attached hydrogen (secondary N) is 1. The summed E-state index contributed by atoms with van der Waals surface area (Å²) in [6, 6.07) is 16.9. The van der Waals surface area contributed by atoms with Crippen LogP contribution in [-0.2, 0) is 17.6 Å². The molecule has 0 radical (unpaired) electrons. The lowest BCUT2D eigenvalue weighted by atomic mass is 10.0. The smallest absolute Gasteiger partial charge is 0.224 e. The van der Waals surface area contributed by atoms with Crippen molar-refractivity contribution < 1.29 is 4.79 Å². The van der Waals surface area contributed by atoms with E-state index < -0.39 is 0 Å². The number of amides is 1. The van der Waals surface area contributed by atoms with Gasteiger partial charge in [-0.25, -0.2) is 0 Å². The second kappa shape index (κ2) is 6.65. The number of nitrogens with zero attached hydrogens (tertiary/aromatic N) is 1. The van der Waals surface area contributed by atoms with Crippen LogP contribution in [0.5, 0.6) is 0 Å². The molecular formula is C19H22N2O. The Morgan fingerprint density at radius 3 is 2.36 bits per heavy atom. The van der Waals surface area contributed by atoms with E-state index in [4.69, 9.17) is 0 Å². The molecule has 0 aliphatic carbocycles. The molecule has 3 rings (SSSR count). The van der Waals surface area contributed by atoms with Gasteiger partial charge in [-0.3, -0.25) is 4.79 Å². The van der Waals surface area contributed by atoms with Crippen molar-refractivity contribution in [2.24, 2.45) is 0 Å². The molecule has 0 aromatic heterocycles. The number of anilines is 2. The Labute approximate surface area is 132 Å². The molecule has 0 unspecified atom stereocenters. The van der Waals surface area contributed by atoms with Gasteiger partial charge in [0, 0.05) is 30.9 Å². The van der Waals surface area contributed by atoms with Crippen molar-refractivity contribution in [1.29, 1.82) is 0 Å². The van der Waals surface area contributed by atoms with Gasteiger partial charge in [0.05, 0.1) is 0 Å². The maximum atomic E-state index is 11.5. The Morgan fingerprint density at radius 2 is 1.73 bits per heavy atom. The fourth-order valence-corrected chi connectivity index (χ4v) is 2.96. The number of benzene rings is 2. The fraction of sp³-hybridized carbons (Fsp3) is 0.316. The summed E-state index contributed by atoms with van der Waals surface area (Å²) in [6.07, 6.45) is 2.65. The summed E-state index contributed by atoms with van der Waals surface area (Å²) >= 11 is 0. The molecule has 2 aromatic carbocycles. The van der Waals surface area contributed by atoms with Gasteiger partial charge in [0.2, 0.25) is 5.91 Å². The van der Waals surface area contributed by atoms with Gasteiger partial charge in [0.1, 0.15) is 0 Å². The van der Waals surface area contributed by atoms with E-state index in [9.17, 15) is 4.79 Å². The molecule has 0 spiro atoms. The molecule has 2 aromatic rings. The van der Waals surface area contributed by atoms with Crippen molar-refractivity contribution in [2.45, 2.75) is 26.2 Å². The van der Waals surface area contributed by atoms with E-state index >= 15 is 0 Å². The van der Waals surface area contributed by atoms with Crippen molar-refractivity contribution in [1.82, 2.24) is 0 Å². The highest BCUT2D eigenvalue weighted by Gasteiger charge is 2.14. The summed E-state index contributed by atoms with van der Waals surface area (Å²) in [4.78, 5) is 14.0. The third kappa shape index (κ3) is 3.30. The van der Waals surface area contributed by atoms with Crippen LogP contribution in [0.15, 0.2) is 48.5 Å². The maximum Gasteiger partial charge on any atom is 0.224 e. The highest BCUT2D eigenvalue weighted by molar-refractivity contribution is 5.91. The zero-order valence-electron chi connectivity index (χ0n) is 13.0. The number of fused-ring (bicyclic) bond motifs is 1. The molecule has 0 fully saturated rings. The van der Waals surface area contributed by atoms with E-state index in [1.807, 2.05) is 19.1 Å². The first-order valence-electron chi connectivity index (χ1n) is 7.98. The standard InChI is InChI=1S/C19H22N2O/c1-2-19(22)20-17-8-5-9-18(14-17)21-12-10-15-6-3-4-7-16(15)11-13-21/h3-9,14H,2,10-13H2,1H3,(H,20,22). The van der Waals surface area contributed by atoms with Gasteiger partial charge in [0.25, 0.3) is 0 Å². The lowest BCUT2D eigenvalue weighted by molar-refractivity contribution is -0.115. The van der Waals surface area contributed by atoms with Crippen molar-refractivity contribution >= 4 is 17.3 Å². The lowest BCUT2D eigenvalue weighted by Gasteiger charge is -2.23.